The van der Waals surface area contributed by atoms with E-state index >= 15 is 0 Å². The van der Waals surface area contributed by atoms with Crippen LogP contribution >= 0.6 is 7.37 Å². The molecular weight excluding hydrogens is 349 g/mol. The average molecular weight is 377 g/mol. The van der Waals surface area contributed by atoms with Crippen molar-refractivity contribution in [3.63, 3.8) is 0 Å². The van der Waals surface area contributed by atoms with Crippen molar-refractivity contribution < 1.29 is 18.9 Å². The van der Waals surface area contributed by atoms with Crippen LogP contribution < -0.4 is 14.9 Å². The molecule has 0 aliphatic rings. The van der Waals surface area contributed by atoms with E-state index in [0.29, 0.717) is 23.2 Å². The largest absolute Gasteiger partial charge is 0.497 e. The lowest BCUT2D eigenvalue weighted by Gasteiger charge is -2.26. The summed E-state index contributed by atoms with van der Waals surface area (Å²) < 4.78 is 24.7. The quantitative estimate of drug-likeness (QED) is 0.704. The lowest BCUT2D eigenvalue weighted by molar-refractivity contribution is 0.202. The van der Waals surface area contributed by atoms with E-state index in [1.54, 1.807) is 43.5 Å². The molecule has 0 radical (unpaired) electrons. The molecule has 0 aromatic heterocycles. The SMILES string of the molecule is COc1ccc([C@H](O)[P@@](=O)(OCC(C)C)c2ccc(N(C)C)cc2)cc1. The van der Waals surface area contributed by atoms with Crippen LogP contribution in [0.5, 0.6) is 5.75 Å². The fourth-order valence-electron chi connectivity index (χ4n) is 2.48. The van der Waals surface area contributed by atoms with Crippen molar-refractivity contribution in [1.82, 2.24) is 0 Å². The molecule has 0 fully saturated rings. The number of hydrogen-bond acceptors (Lipinski definition) is 5. The van der Waals surface area contributed by atoms with E-state index in [2.05, 4.69) is 0 Å². The van der Waals surface area contributed by atoms with Crippen LogP contribution in [-0.4, -0.2) is 32.9 Å². The topological polar surface area (TPSA) is 59.0 Å². The van der Waals surface area contributed by atoms with Crippen molar-refractivity contribution in [3.8, 4) is 5.75 Å². The van der Waals surface area contributed by atoms with Crippen LogP contribution in [0, 0.1) is 5.92 Å². The van der Waals surface area contributed by atoms with Crippen LogP contribution in [0.25, 0.3) is 0 Å². The molecule has 5 nitrogen and oxygen atoms in total. The van der Waals surface area contributed by atoms with Gasteiger partial charge in [-0.1, -0.05) is 26.0 Å². The lowest BCUT2D eigenvalue weighted by Crippen LogP contribution is -2.17. The van der Waals surface area contributed by atoms with E-state index in [9.17, 15) is 9.67 Å². The van der Waals surface area contributed by atoms with Gasteiger partial charge in [-0.05, 0) is 47.9 Å². The van der Waals surface area contributed by atoms with Gasteiger partial charge in [-0.2, -0.15) is 0 Å². The van der Waals surface area contributed by atoms with E-state index in [0.717, 1.165) is 5.69 Å². The maximum Gasteiger partial charge on any atom is 0.264 e. The Morgan fingerprint density at radius 1 is 1.04 bits per heavy atom. The summed E-state index contributed by atoms with van der Waals surface area (Å²) in [6.45, 7) is 4.28. The number of methoxy groups -OCH3 is 1. The summed E-state index contributed by atoms with van der Waals surface area (Å²) in [7, 11) is 1.94. The number of rotatable bonds is 8. The molecular formula is C20H28NO4P. The molecule has 26 heavy (non-hydrogen) atoms. The first-order chi connectivity index (χ1) is 12.3. The third kappa shape index (κ3) is 4.67. The summed E-state index contributed by atoms with van der Waals surface area (Å²) in [6, 6.07) is 14.2. The third-order valence-corrected chi connectivity index (χ3v) is 6.55. The number of nitrogens with zero attached hydrogens (tertiary/aromatic N) is 1. The second kappa shape index (κ2) is 8.72. The molecule has 2 aromatic rings. The summed E-state index contributed by atoms with van der Waals surface area (Å²) in [6.07, 6.45) is 0. The van der Waals surface area contributed by atoms with E-state index < -0.39 is 13.2 Å². The Hall–Kier alpha value is -1.81. The number of anilines is 1. The van der Waals surface area contributed by atoms with Gasteiger partial charge in [0, 0.05) is 25.1 Å². The number of aliphatic hydroxyl groups is 1. The van der Waals surface area contributed by atoms with Gasteiger partial charge in [-0.3, -0.25) is 4.57 Å². The standard InChI is InChI=1S/C20H28NO4P/c1-15(2)14-25-26(23,19-12-8-17(9-13-19)21(3)4)20(22)16-6-10-18(24-5)11-7-16/h6-13,15,20,22H,14H2,1-5H3/t20-,26+/m1/s1. The molecule has 142 valence electrons. The van der Waals surface area contributed by atoms with Gasteiger partial charge in [0.1, 0.15) is 5.75 Å². The summed E-state index contributed by atoms with van der Waals surface area (Å²) >= 11 is 0. The van der Waals surface area contributed by atoms with E-state index in [1.807, 2.05) is 45.0 Å². The van der Waals surface area contributed by atoms with Crippen molar-refractivity contribution in [2.24, 2.45) is 5.92 Å². The first kappa shape index (κ1) is 20.5. The zero-order valence-corrected chi connectivity index (χ0v) is 16.9. The van der Waals surface area contributed by atoms with Crippen LogP contribution in [-0.2, 0) is 9.09 Å². The predicted octanol–water partition coefficient (Wildman–Crippen LogP) is 4.03. The second-order valence-electron chi connectivity index (χ2n) is 6.84. The lowest BCUT2D eigenvalue weighted by atomic mass is 10.2. The zero-order chi connectivity index (χ0) is 19.3. The van der Waals surface area contributed by atoms with Crippen molar-refractivity contribution >= 4 is 18.4 Å². The van der Waals surface area contributed by atoms with Crippen molar-refractivity contribution in [2.75, 3.05) is 32.7 Å². The first-order valence-corrected chi connectivity index (χ1v) is 10.3. The number of hydrogen-bond donors (Lipinski definition) is 1. The monoisotopic (exact) mass is 377 g/mol. The summed E-state index contributed by atoms with van der Waals surface area (Å²) in [5, 5.41) is 11.4. The number of aliphatic hydroxyl groups excluding tert-OH is 1. The first-order valence-electron chi connectivity index (χ1n) is 8.62. The van der Waals surface area contributed by atoms with Crippen LogP contribution in [0.3, 0.4) is 0 Å². The van der Waals surface area contributed by atoms with Crippen LogP contribution in [0.2, 0.25) is 0 Å². The normalized spacial score (nSPS) is 14.7. The van der Waals surface area contributed by atoms with Crippen LogP contribution in [0.4, 0.5) is 5.69 Å². The molecule has 0 bridgehead atoms. The highest BCUT2D eigenvalue weighted by Crippen LogP contribution is 2.58. The number of ether oxygens (including phenoxy) is 1. The molecule has 6 heteroatoms. The molecule has 0 aliphatic heterocycles. The minimum absolute atomic E-state index is 0.201. The van der Waals surface area contributed by atoms with E-state index in [1.165, 1.54) is 0 Å². The molecule has 0 heterocycles. The van der Waals surface area contributed by atoms with Crippen molar-refractivity contribution in [2.45, 2.75) is 19.7 Å². The van der Waals surface area contributed by atoms with Gasteiger partial charge >= 0.3 is 0 Å². The molecule has 0 aliphatic carbocycles. The number of benzene rings is 2. The van der Waals surface area contributed by atoms with Gasteiger partial charge in [0.05, 0.1) is 13.7 Å². The molecule has 2 rings (SSSR count). The molecule has 0 saturated heterocycles. The van der Waals surface area contributed by atoms with Gasteiger partial charge in [-0.25, -0.2) is 0 Å². The van der Waals surface area contributed by atoms with Gasteiger partial charge < -0.3 is 19.3 Å². The summed E-state index contributed by atoms with van der Waals surface area (Å²) in [5.74, 6) is -0.362. The van der Waals surface area contributed by atoms with Gasteiger partial charge in [0.2, 0.25) is 0 Å². The second-order valence-corrected chi connectivity index (χ2v) is 9.30. The Bertz CT molecular complexity index is 741. The molecule has 2 aromatic carbocycles. The fourth-order valence-corrected chi connectivity index (χ4v) is 4.70. The Labute approximate surface area is 156 Å². The molecule has 0 unspecified atom stereocenters. The Morgan fingerprint density at radius 3 is 2.08 bits per heavy atom. The third-order valence-electron chi connectivity index (χ3n) is 4.06. The Morgan fingerprint density at radius 2 is 1.62 bits per heavy atom. The molecule has 0 saturated carbocycles. The Balaban J connectivity index is 2.40. The average Bonchev–Trinajstić information content (AvgIpc) is 2.65. The predicted molar refractivity (Wildman–Crippen MR) is 107 cm³/mol. The van der Waals surface area contributed by atoms with Crippen LogP contribution in [0.15, 0.2) is 48.5 Å². The van der Waals surface area contributed by atoms with Gasteiger partial charge in [0.25, 0.3) is 7.37 Å². The minimum Gasteiger partial charge on any atom is -0.497 e. The van der Waals surface area contributed by atoms with Gasteiger partial charge in [0.15, 0.2) is 5.85 Å². The molecule has 0 amide bonds. The van der Waals surface area contributed by atoms with E-state index in [-0.39, 0.29) is 5.92 Å². The van der Waals surface area contributed by atoms with Gasteiger partial charge in [-0.15, -0.1) is 0 Å². The highest BCUT2D eigenvalue weighted by atomic mass is 31.2. The summed E-state index contributed by atoms with van der Waals surface area (Å²) in [4.78, 5) is 1.96. The summed E-state index contributed by atoms with van der Waals surface area (Å²) in [5.41, 5.74) is 1.53. The minimum atomic E-state index is -3.52. The smallest absolute Gasteiger partial charge is 0.264 e. The molecule has 1 N–H and O–H groups in total. The van der Waals surface area contributed by atoms with Crippen LogP contribution in [0.1, 0.15) is 25.3 Å². The molecule has 2 atom stereocenters. The van der Waals surface area contributed by atoms with Crippen molar-refractivity contribution in [3.05, 3.63) is 54.1 Å². The maximum absolute atomic E-state index is 13.7. The molecule has 0 spiro atoms. The zero-order valence-electron chi connectivity index (χ0n) is 16.0. The van der Waals surface area contributed by atoms with Crippen molar-refractivity contribution in [1.29, 1.82) is 0 Å². The fraction of sp³-hybridized carbons (Fsp3) is 0.400. The highest BCUT2D eigenvalue weighted by molar-refractivity contribution is 7.67. The Kier molecular flexibility index (Phi) is 6.87. The maximum atomic E-state index is 13.7. The van der Waals surface area contributed by atoms with E-state index in [4.69, 9.17) is 9.26 Å². The highest BCUT2D eigenvalue weighted by Gasteiger charge is 2.36.